The van der Waals surface area contributed by atoms with Crippen molar-refractivity contribution in [3.05, 3.63) is 99.6 Å². The van der Waals surface area contributed by atoms with Gasteiger partial charge in [-0.3, -0.25) is 4.90 Å². The highest BCUT2D eigenvalue weighted by atomic mass is 35.5. The topological polar surface area (TPSA) is 6.48 Å². The molecule has 2 unspecified atom stereocenters. The molecule has 3 aromatic rings. The number of hydrogen-bond donors (Lipinski definition) is 0. The van der Waals surface area contributed by atoms with Gasteiger partial charge in [0.25, 0.3) is 5.66 Å². The van der Waals surface area contributed by atoms with Crippen LogP contribution in [0.5, 0.6) is 0 Å². The first kappa shape index (κ1) is 24.0. The van der Waals surface area contributed by atoms with Crippen molar-refractivity contribution in [1.29, 1.82) is 0 Å². The molecule has 4 rings (SSSR count). The minimum absolute atomic E-state index is 0.0781. The van der Waals surface area contributed by atoms with E-state index in [1.807, 2.05) is 25.1 Å². The summed E-state index contributed by atoms with van der Waals surface area (Å²) in [5.74, 6) is -1.75. The summed E-state index contributed by atoms with van der Waals surface area (Å²) in [6, 6.07) is 15.9. The molecular weight excluding hydrogens is 471 g/mol. The van der Waals surface area contributed by atoms with Crippen molar-refractivity contribution in [3.8, 4) is 0 Å². The van der Waals surface area contributed by atoms with Crippen LogP contribution in [0.4, 0.5) is 23.2 Å². The van der Waals surface area contributed by atoms with Gasteiger partial charge in [-0.2, -0.15) is 8.78 Å². The Balaban J connectivity index is 1.64. The smallest absolute Gasteiger partial charge is 0.283 e. The van der Waals surface area contributed by atoms with Gasteiger partial charge in [0.2, 0.25) is 0 Å². The largest absolute Gasteiger partial charge is 0.361 e. The number of anilines is 1. The Labute approximate surface area is 198 Å². The zero-order chi connectivity index (χ0) is 23.8. The van der Waals surface area contributed by atoms with Crippen molar-refractivity contribution in [2.45, 2.75) is 25.2 Å². The zero-order valence-electron chi connectivity index (χ0n) is 18.0. The summed E-state index contributed by atoms with van der Waals surface area (Å²) in [7, 11) is 1.56. The highest BCUT2D eigenvalue weighted by Crippen LogP contribution is 2.38. The monoisotopic (exact) mass is 494 g/mol. The molecule has 33 heavy (non-hydrogen) atoms. The number of piperazine rings is 1. The van der Waals surface area contributed by atoms with E-state index in [1.165, 1.54) is 18.2 Å². The summed E-state index contributed by atoms with van der Waals surface area (Å²) >= 11 is 6.56. The number of nitrogens with zero attached hydrogens (tertiary/aromatic N) is 2. The molecule has 0 bridgehead atoms. The quantitative estimate of drug-likeness (QED) is 0.281. The summed E-state index contributed by atoms with van der Waals surface area (Å²) in [5, 5.41) is 0.627. The second kappa shape index (κ2) is 9.61. The van der Waals surface area contributed by atoms with Crippen LogP contribution in [-0.2, 0) is 12.2 Å². The van der Waals surface area contributed by atoms with E-state index < -0.39 is 17.3 Å². The van der Waals surface area contributed by atoms with Gasteiger partial charge in [0.1, 0.15) is 0 Å². The lowest BCUT2D eigenvalue weighted by Crippen LogP contribution is -2.48. The van der Waals surface area contributed by atoms with Crippen molar-refractivity contribution in [2.24, 2.45) is 0 Å². The SMILES string of the molecule is Cc1ccc(N2CCN(Cc3ccc(F)c(F)c3)CC2c2ccc(C(F)(F)P)cc2)c(Cl)c1. The molecule has 2 nitrogen and oxygen atoms in total. The van der Waals surface area contributed by atoms with E-state index in [1.54, 1.807) is 27.4 Å². The van der Waals surface area contributed by atoms with Crippen LogP contribution in [0.1, 0.15) is 28.3 Å². The number of alkyl halides is 2. The number of benzene rings is 3. The van der Waals surface area contributed by atoms with Crippen molar-refractivity contribution >= 4 is 26.5 Å². The second-order valence-electron chi connectivity index (χ2n) is 8.39. The molecule has 1 aliphatic heterocycles. The number of halogens is 5. The Kier molecular flexibility index (Phi) is 6.99. The molecule has 0 N–H and O–H groups in total. The summed E-state index contributed by atoms with van der Waals surface area (Å²) in [4.78, 5) is 4.32. The lowest BCUT2D eigenvalue weighted by molar-refractivity contribution is 0.104. The van der Waals surface area contributed by atoms with Crippen LogP contribution in [0.25, 0.3) is 0 Å². The molecule has 0 radical (unpaired) electrons. The molecule has 0 aliphatic carbocycles. The Morgan fingerprint density at radius 2 is 1.70 bits per heavy atom. The van der Waals surface area contributed by atoms with Gasteiger partial charge in [-0.1, -0.05) is 57.2 Å². The average molecular weight is 495 g/mol. The Morgan fingerprint density at radius 1 is 0.970 bits per heavy atom. The van der Waals surface area contributed by atoms with E-state index in [0.29, 0.717) is 36.8 Å². The molecule has 3 aromatic carbocycles. The Bertz CT molecular complexity index is 1130. The van der Waals surface area contributed by atoms with Crippen LogP contribution in [0.15, 0.2) is 60.7 Å². The van der Waals surface area contributed by atoms with Gasteiger partial charge in [-0.25, -0.2) is 8.78 Å². The summed E-state index contributed by atoms with van der Waals surface area (Å²) < 4.78 is 54.4. The molecule has 0 saturated carbocycles. The molecule has 0 aromatic heterocycles. The van der Waals surface area contributed by atoms with E-state index in [0.717, 1.165) is 22.9 Å². The molecule has 2 atom stereocenters. The summed E-state index contributed by atoms with van der Waals surface area (Å²) in [6.07, 6.45) is 0. The standard InChI is InChI=1S/C25H24ClF4N2P/c1-16-2-9-23(20(26)12-16)32-11-10-31(14-17-3-8-21(27)22(28)13-17)15-24(32)18-4-6-19(7-5-18)25(29,30)33/h2-9,12-13,24H,10-11,14-15,33H2,1H3. The van der Waals surface area contributed by atoms with E-state index in [-0.39, 0.29) is 11.6 Å². The fraction of sp³-hybridized carbons (Fsp3) is 0.280. The number of aryl methyl sites for hydroxylation is 1. The lowest BCUT2D eigenvalue weighted by atomic mass is 9.99. The molecule has 1 fully saturated rings. The third kappa shape index (κ3) is 5.51. The summed E-state index contributed by atoms with van der Waals surface area (Å²) in [6.45, 7) is 4.30. The Morgan fingerprint density at radius 3 is 2.33 bits per heavy atom. The summed E-state index contributed by atoms with van der Waals surface area (Å²) in [5.41, 5.74) is 0.395. The van der Waals surface area contributed by atoms with Crippen LogP contribution in [0.3, 0.4) is 0 Å². The molecular formula is C25H24ClF4N2P. The molecule has 1 saturated heterocycles. The maximum absolute atomic E-state index is 13.7. The first-order valence-corrected chi connectivity index (χ1v) is 11.5. The zero-order valence-corrected chi connectivity index (χ0v) is 20.0. The molecule has 1 heterocycles. The van der Waals surface area contributed by atoms with E-state index in [2.05, 4.69) is 9.80 Å². The van der Waals surface area contributed by atoms with Crippen molar-refractivity contribution in [2.75, 3.05) is 24.5 Å². The minimum Gasteiger partial charge on any atom is -0.361 e. The minimum atomic E-state index is -3.00. The van der Waals surface area contributed by atoms with Gasteiger partial charge in [0.15, 0.2) is 11.6 Å². The molecule has 1 aliphatic rings. The van der Waals surface area contributed by atoms with Crippen LogP contribution in [0.2, 0.25) is 5.02 Å². The van der Waals surface area contributed by atoms with Crippen LogP contribution < -0.4 is 4.90 Å². The van der Waals surface area contributed by atoms with Gasteiger partial charge in [0.05, 0.1) is 16.8 Å². The molecule has 0 amide bonds. The van der Waals surface area contributed by atoms with Crippen molar-refractivity contribution in [1.82, 2.24) is 4.90 Å². The van der Waals surface area contributed by atoms with Gasteiger partial charge in [-0.15, -0.1) is 0 Å². The van der Waals surface area contributed by atoms with Crippen molar-refractivity contribution in [3.63, 3.8) is 0 Å². The first-order valence-electron chi connectivity index (χ1n) is 10.6. The fourth-order valence-electron chi connectivity index (χ4n) is 4.23. The number of rotatable bonds is 5. The number of hydrogen-bond acceptors (Lipinski definition) is 2. The second-order valence-corrected chi connectivity index (χ2v) is 9.52. The Hall–Kier alpha value is -2.14. The maximum Gasteiger partial charge on any atom is 0.283 e. The first-order chi connectivity index (χ1) is 15.6. The van der Waals surface area contributed by atoms with Gasteiger partial charge >= 0.3 is 0 Å². The van der Waals surface area contributed by atoms with Gasteiger partial charge in [-0.05, 0) is 47.9 Å². The van der Waals surface area contributed by atoms with Crippen LogP contribution in [-0.4, -0.2) is 24.5 Å². The third-order valence-corrected chi connectivity index (χ3v) is 6.58. The van der Waals surface area contributed by atoms with Crippen LogP contribution in [0, 0.1) is 18.6 Å². The van der Waals surface area contributed by atoms with Crippen molar-refractivity contribution < 1.29 is 17.6 Å². The highest BCUT2D eigenvalue weighted by molar-refractivity contribution is 7.17. The predicted octanol–water partition coefficient (Wildman–Crippen LogP) is 6.91. The maximum atomic E-state index is 13.7. The fourth-order valence-corrected chi connectivity index (χ4v) is 4.76. The lowest BCUT2D eigenvalue weighted by Gasteiger charge is -2.43. The highest BCUT2D eigenvalue weighted by Gasteiger charge is 2.31. The molecule has 8 heteroatoms. The van der Waals surface area contributed by atoms with E-state index >= 15 is 0 Å². The molecule has 174 valence electrons. The normalized spacial score (nSPS) is 17.4. The van der Waals surface area contributed by atoms with Gasteiger partial charge < -0.3 is 4.90 Å². The van der Waals surface area contributed by atoms with Gasteiger partial charge in [0, 0.05) is 31.7 Å². The third-order valence-electron chi connectivity index (χ3n) is 5.95. The predicted molar refractivity (Wildman–Crippen MR) is 128 cm³/mol. The average Bonchev–Trinajstić information content (AvgIpc) is 2.76. The van der Waals surface area contributed by atoms with Crippen LogP contribution >= 0.6 is 20.8 Å². The van der Waals surface area contributed by atoms with E-state index in [9.17, 15) is 17.6 Å². The molecule has 0 spiro atoms. The van der Waals surface area contributed by atoms with E-state index in [4.69, 9.17) is 11.6 Å².